The third-order valence-electron chi connectivity index (χ3n) is 3.26. The number of hydrogen-bond donors (Lipinski definition) is 2. The highest BCUT2D eigenvalue weighted by Gasteiger charge is 2.05. The minimum absolute atomic E-state index is 0.690. The van der Waals surface area contributed by atoms with E-state index in [1.807, 2.05) is 19.0 Å². The summed E-state index contributed by atoms with van der Waals surface area (Å²) in [5.74, 6) is 0.822. The molecule has 1 rings (SSSR count). The smallest absolute Gasteiger partial charge is 0.191 e. The first-order chi connectivity index (χ1) is 10.6. The first-order valence-corrected chi connectivity index (χ1v) is 8.69. The lowest BCUT2D eigenvalue weighted by Crippen LogP contribution is -2.40. The van der Waals surface area contributed by atoms with E-state index in [0.29, 0.717) is 6.54 Å². The summed E-state index contributed by atoms with van der Waals surface area (Å²) in [5, 5.41) is 9.74. The number of unbranched alkanes of at least 4 members (excludes halogenated alkanes) is 1. The van der Waals surface area contributed by atoms with Gasteiger partial charge in [-0.3, -0.25) is 4.99 Å². The molecule has 0 saturated heterocycles. The van der Waals surface area contributed by atoms with Crippen molar-refractivity contribution in [3.8, 4) is 0 Å². The lowest BCUT2D eigenvalue weighted by molar-refractivity contribution is 0.332. The van der Waals surface area contributed by atoms with Crippen molar-refractivity contribution in [3.63, 3.8) is 0 Å². The van der Waals surface area contributed by atoms with Crippen LogP contribution in [0.3, 0.4) is 0 Å². The average Bonchev–Trinajstić information content (AvgIpc) is 2.97. The van der Waals surface area contributed by atoms with E-state index in [2.05, 4.69) is 44.9 Å². The van der Waals surface area contributed by atoms with Gasteiger partial charge in [-0.25, -0.2) is 4.98 Å². The minimum Gasteiger partial charge on any atom is -0.355 e. The Balaban J connectivity index is 2.27. The second-order valence-corrected chi connectivity index (χ2v) is 6.36. The van der Waals surface area contributed by atoms with E-state index < -0.39 is 0 Å². The Morgan fingerprint density at radius 1 is 1.27 bits per heavy atom. The molecule has 0 aromatic carbocycles. The summed E-state index contributed by atoms with van der Waals surface area (Å²) in [6.07, 6.45) is 2.49. The van der Waals surface area contributed by atoms with E-state index in [1.54, 1.807) is 18.4 Å². The Morgan fingerprint density at radius 2 is 2.05 bits per heavy atom. The lowest BCUT2D eigenvalue weighted by Gasteiger charge is -2.17. The molecule has 0 aliphatic rings. The van der Waals surface area contributed by atoms with E-state index >= 15 is 0 Å². The normalized spacial score (nSPS) is 11.8. The highest BCUT2D eigenvalue weighted by molar-refractivity contribution is 7.13. The van der Waals surface area contributed by atoms with Crippen LogP contribution in [0, 0.1) is 0 Å². The molecule has 0 radical (unpaired) electrons. The Kier molecular flexibility index (Phi) is 8.84. The molecular formula is C15H30N6S. The van der Waals surface area contributed by atoms with E-state index in [1.165, 1.54) is 12.8 Å². The number of anilines is 1. The number of thiazole rings is 1. The Labute approximate surface area is 138 Å². The number of aromatic nitrogens is 1. The SMILES string of the molecule is CCCCN(C)CCNC(=NC)NCc1csc(N(C)C)n1. The van der Waals surface area contributed by atoms with Gasteiger partial charge in [0.15, 0.2) is 11.1 Å². The summed E-state index contributed by atoms with van der Waals surface area (Å²) >= 11 is 1.65. The van der Waals surface area contributed by atoms with Gasteiger partial charge in [-0.2, -0.15) is 0 Å². The van der Waals surface area contributed by atoms with Crippen LogP contribution in [0.15, 0.2) is 10.4 Å². The predicted molar refractivity (Wildman–Crippen MR) is 97.0 cm³/mol. The molecule has 2 N–H and O–H groups in total. The van der Waals surface area contributed by atoms with Crippen LogP contribution in [0.1, 0.15) is 25.5 Å². The molecule has 1 aromatic heterocycles. The predicted octanol–water partition coefficient (Wildman–Crippen LogP) is 1.61. The van der Waals surface area contributed by atoms with Crippen LogP contribution in [-0.2, 0) is 6.54 Å². The zero-order valence-corrected chi connectivity index (χ0v) is 15.3. The molecule has 0 fully saturated rings. The van der Waals surface area contributed by atoms with Gasteiger partial charge in [0.25, 0.3) is 0 Å². The first kappa shape index (κ1) is 18.7. The van der Waals surface area contributed by atoms with Gasteiger partial charge in [-0.15, -0.1) is 11.3 Å². The van der Waals surface area contributed by atoms with Crippen LogP contribution in [0.2, 0.25) is 0 Å². The Bertz CT molecular complexity index is 443. The van der Waals surface area contributed by atoms with E-state index in [4.69, 9.17) is 0 Å². The number of guanidine groups is 1. The molecule has 0 atom stereocenters. The Morgan fingerprint density at radius 3 is 2.64 bits per heavy atom. The maximum Gasteiger partial charge on any atom is 0.191 e. The monoisotopic (exact) mass is 326 g/mol. The summed E-state index contributed by atoms with van der Waals surface area (Å²) < 4.78 is 0. The minimum atomic E-state index is 0.690. The largest absolute Gasteiger partial charge is 0.355 e. The van der Waals surface area contributed by atoms with Crippen LogP contribution < -0.4 is 15.5 Å². The van der Waals surface area contributed by atoms with Crippen LogP contribution in [0.4, 0.5) is 5.13 Å². The van der Waals surface area contributed by atoms with Gasteiger partial charge in [-0.05, 0) is 20.0 Å². The van der Waals surface area contributed by atoms with E-state index in [-0.39, 0.29) is 0 Å². The van der Waals surface area contributed by atoms with E-state index in [0.717, 1.165) is 36.4 Å². The van der Waals surface area contributed by atoms with Crippen molar-refractivity contribution in [3.05, 3.63) is 11.1 Å². The molecule has 0 spiro atoms. The molecule has 6 nitrogen and oxygen atoms in total. The molecule has 1 heterocycles. The molecule has 0 aliphatic heterocycles. The number of nitrogens with one attached hydrogen (secondary N) is 2. The molecule has 0 bridgehead atoms. The quantitative estimate of drug-likeness (QED) is 0.533. The van der Waals surface area contributed by atoms with Crippen molar-refractivity contribution in [1.29, 1.82) is 0 Å². The third kappa shape index (κ3) is 7.09. The zero-order chi connectivity index (χ0) is 16.4. The summed E-state index contributed by atoms with van der Waals surface area (Å²) in [6, 6.07) is 0. The van der Waals surface area contributed by atoms with Crippen LogP contribution in [0.5, 0.6) is 0 Å². The summed E-state index contributed by atoms with van der Waals surface area (Å²) in [6.45, 7) is 5.96. The number of rotatable bonds is 9. The van der Waals surface area contributed by atoms with Gasteiger partial charge in [0.1, 0.15) is 0 Å². The summed E-state index contributed by atoms with van der Waals surface area (Å²) in [4.78, 5) is 13.2. The van der Waals surface area contributed by atoms with Crippen molar-refractivity contribution in [2.75, 3.05) is 52.7 Å². The summed E-state index contributed by atoms with van der Waals surface area (Å²) in [5.41, 5.74) is 1.04. The zero-order valence-electron chi connectivity index (χ0n) is 14.5. The van der Waals surface area contributed by atoms with Crippen LogP contribution in [-0.4, -0.2) is 63.7 Å². The fourth-order valence-electron chi connectivity index (χ4n) is 1.88. The molecule has 7 heteroatoms. The van der Waals surface area contributed by atoms with Gasteiger partial charge in [0.05, 0.1) is 12.2 Å². The van der Waals surface area contributed by atoms with Gasteiger partial charge in [0.2, 0.25) is 0 Å². The standard InChI is InChI=1S/C15H30N6S/c1-6-7-9-21(5)10-8-17-14(16-2)18-11-13-12-22-15(19-13)20(3)4/h12H,6-11H2,1-5H3,(H2,16,17,18). The second-order valence-electron chi connectivity index (χ2n) is 5.53. The van der Waals surface area contributed by atoms with Crippen molar-refractivity contribution >= 4 is 22.4 Å². The van der Waals surface area contributed by atoms with Gasteiger partial charge < -0.3 is 20.4 Å². The molecule has 0 saturated carbocycles. The molecule has 0 aliphatic carbocycles. The fourth-order valence-corrected chi connectivity index (χ4v) is 2.64. The maximum absolute atomic E-state index is 4.55. The van der Waals surface area contributed by atoms with Gasteiger partial charge in [0, 0.05) is 39.6 Å². The molecule has 0 amide bonds. The van der Waals surface area contributed by atoms with Crippen molar-refractivity contribution in [2.24, 2.45) is 4.99 Å². The molecule has 126 valence electrons. The first-order valence-electron chi connectivity index (χ1n) is 7.81. The second kappa shape index (κ2) is 10.4. The highest BCUT2D eigenvalue weighted by atomic mass is 32.1. The lowest BCUT2D eigenvalue weighted by atomic mass is 10.3. The maximum atomic E-state index is 4.55. The number of nitrogens with zero attached hydrogens (tertiary/aromatic N) is 4. The fraction of sp³-hybridized carbons (Fsp3) is 0.733. The van der Waals surface area contributed by atoms with E-state index in [9.17, 15) is 0 Å². The van der Waals surface area contributed by atoms with Crippen molar-refractivity contribution in [1.82, 2.24) is 20.5 Å². The molecule has 0 unspecified atom stereocenters. The number of aliphatic imine (C=N–C) groups is 1. The van der Waals surface area contributed by atoms with Crippen LogP contribution in [0.25, 0.3) is 0 Å². The topological polar surface area (TPSA) is 55.8 Å². The van der Waals surface area contributed by atoms with Gasteiger partial charge >= 0.3 is 0 Å². The Hall–Kier alpha value is -1.34. The van der Waals surface area contributed by atoms with Gasteiger partial charge in [-0.1, -0.05) is 13.3 Å². The number of likely N-dealkylation sites (N-methyl/N-ethyl adjacent to an activating group) is 1. The molecule has 1 aromatic rings. The highest BCUT2D eigenvalue weighted by Crippen LogP contribution is 2.17. The third-order valence-corrected chi connectivity index (χ3v) is 4.32. The molecule has 22 heavy (non-hydrogen) atoms. The number of hydrogen-bond acceptors (Lipinski definition) is 5. The van der Waals surface area contributed by atoms with Crippen molar-refractivity contribution in [2.45, 2.75) is 26.3 Å². The van der Waals surface area contributed by atoms with Crippen molar-refractivity contribution < 1.29 is 0 Å². The average molecular weight is 327 g/mol. The summed E-state index contributed by atoms with van der Waals surface area (Å²) in [7, 11) is 7.96. The van der Waals surface area contributed by atoms with Crippen LogP contribution >= 0.6 is 11.3 Å². The molecular weight excluding hydrogens is 296 g/mol.